The monoisotopic (exact) mass is 346 g/mol. The molecule has 0 bridgehead atoms. The maximum absolute atomic E-state index is 13.5. The van der Waals surface area contributed by atoms with E-state index in [2.05, 4.69) is 15.9 Å². The fourth-order valence-corrected chi connectivity index (χ4v) is 3.61. The zero-order chi connectivity index (χ0) is 14.0. The zero-order valence-electron chi connectivity index (χ0n) is 9.61. The number of benzene rings is 2. The molecule has 0 atom stereocenters. The predicted molar refractivity (Wildman–Crippen MR) is 71.4 cm³/mol. The third-order valence-corrected chi connectivity index (χ3v) is 4.62. The van der Waals surface area contributed by atoms with Crippen molar-refractivity contribution in [1.29, 1.82) is 0 Å². The molecule has 0 heterocycles. The topological polar surface area (TPSA) is 34.1 Å². The van der Waals surface area contributed by atoms with E-state index in [1.54, 1.807) is 0 Å². The molecule has 2 nitrogen and oxygen atoms in total. The quantitative estimate of drug-likeness (QED) is 0.849. The Morgan fingerprint density at radius 1 is 1.05 bits per heavy atom. The summed E-state index contributed by atoms with van der Waals surface area (Å²) in [4.78, 5) is -0.379. The van der Waals surface area contributed by atoms with E-state index in [-0.39, 0.29) is 10.5 Å². The van der Waals surface area contributed by atoms with Crippen molar-refractivity contribution in [2.75, 3.05) is 0 Å². The first kappa shape index (κ1) is 14.1. The second-order valence-corrected chi connectivity index (χ2v) is 6.84. The Bertz CT molecular complexity index is 694. The number of rotatable bonds is 3. The van der Waals surface area contributed by atoms with Crippen molar-refractivity contribution in [2.24, 2.45) is 0 Å². The predicted octanol–water partition coefficient (Wildman–Crippen LogP) is 3.70. The van der Waals surface area contributed by atoms with Crippen LogP contribution < -0.4 is 0 Å². The molecule has 0 saturated heterocycles. The van der Waals surface area contributed by atoms with E-state index in [4.69, 9.17) is 0 Å². The van der Waals surface area contributed by atoms with E-state index < -0.39 is 27.2 Å². The molecule has 2 aromatic carbocycles. The maximum atomic E-state index is 13.5. The normalized spacial score (nSPS) is 11.5. The molecule has 0 amide bonds. The Balaban J connectivity index is 2.39. The van der Waals surface area contributed by atoms with Gasteiger partial charge in [-0.05, 0) is 35.9 Å². The first-order valence-corrected chi connectivity index (χ1v) is 7.75. The molecule has 0 saturated carbocycles. The molecule has 100 valence electrons. The summed E-state index contributed by atoms with van der Waals surface area (Å²) in [5.74, 6) is -1.81. The van der Waals surface area contributed by atoms with E-state index in [9.17, 15) is 17.2 Å². The molecule has 0 N–H and O–H groups in total. The zero-order valence-corrected chi connectivity index (χ0v) is 12.0. The molecule has 0 aliphatic rings. The van der Waals surface area contributed by atoms with E-state index in [0.717, 1.165) is 12.1 Å². The van der Waals surface area contributed by atoms with Crippen molar-refractivity contribution in [3.8, 4) is 0 Å². The summed E-state index contributed by atoms with van der Waals surface area (Å²) in [6.07, 6.45) is 0. The Hall–Kier alpha value is -1.27. The van der Waals surface area contributed by atoms with Crippen LogP contribution in [0.1, 0.15) is 5.56 Å². The molecule has 6 heteroatoms. The van der Waals surface area contributed by atoms with Crippen molar-refractivity contribution in [3.63, 3.8) is 0 Å². The molecule has 0 aliphatic carbocycles. The highest BCUT2D eigenvalue weighted by Crippen LogP contribution is 2.22. The third kappa shape index (κ3) is 3.39. The van der Waals surface area contributed by atoms with Gasteiger partial charge in [0.2, 0.25) is 0 Å². The summed E-state index contributed by atoms with van der Waals surface area (Å²) >= 11 is 3.08. The fraction of sp³-hybridized carbons (Fsp3) is 0.0769. The second-order valence-electron chi connectivity index (χ2n) is 3.97. The summed E-state index contributed by atoms with van der Waals surface area (Å²) in [6, 6.07) is 8.95. The molecule has 0 aliphatic heterocycles. The van der Waals surface area contributed by atoms with Crippen molar-refractivity contribution in [2.45, 2.75) is 10.6 Å². The Kier molecular flexibility index (Phi) is 4.01. The van der Waals surface area contributed by atoms with Gasteiger partial charge in [0.1, 0.15) is 16.5 Å². The minimum atomic E-state index is -3.84. The number of halogens is 3. The van der Waals surface area contributed by atoms with Gasteiger partial charge in [0.15, 0.2) is 9.84 Å². The van der Waals surface area contributed by atoms with E-state index in [0.29, 0.717) is 4.47 Å². The lowest BCUT2D eigenvalue weighted by Gasteiger charge is -2.06. The van der Waals surface area contributed by atoms with Gasteiger partial charge >= 0.3 is 0 Å². The minimum absolute atomic E-state index is 0.259. The number of hydrogen-bond acceptors (Lipinski definition) is 2. The Morgan fingerprint density at radius 3 is 2.37 bits per heavy atom. The lowest BCUT2D eigenvalue weighted by molar-refractivity contribution is 0.566. The smallest absolute Gasteiger partial charge is 0.185 e. The van der Waals surface area contributed by atoms with Crippen molar-refractivity contribution < 1.29 is 17.2 Å². The van der Waals surface area contributed by atoms with Crippen molar-refractivity contribution in [3.05, 3.63) is 64.1 Å². The van der Waals surface area contributed by atoms with Gasteiger partial charge in [-0.1, -0.05) is 28.1 Å². The first-order valence-electron chi connectivity index (χ1n) is 5.31. The van der Waals surface area contributed by atoms with Crippen LogP contribution in [0.25, 0.3) is 0 Å². The molecule has 0 aromatic heterocycles. The minimum Gasteiger partial charge on any atom is -0.223 e. The van der Waals surface area contributed by atoms with Gasteiger partial charge in [0, 0.05) is 4.47 Å². The lowest BCUT2D eigenvalue weighted by Crippen LogP contribution is -2.07. The molecule has 0 radical (unpaired) electrons. The fourth-order valence-electron chi connectivity index (χ4n) is 1.69. The molecule has 0 fully saturated rings. The molecule has 0 spiro atoms. The summed E-state index contributed by atoms with van der Waals surface area (Å²) in [5.41, 5.74) is 0.259. The molecular weight excluding hydrogens is 338 g/mol. The van der Waals surface area contributed by atoms with Gasteiger partial charge in [0.05, 0.1) is 5.75 Å². The average molecular weight is 347 g/mol. The van der Waals surface area contributed by atoms with E-state index in [1.807, 2.05) is 0 Å². The Labute approximate surface area is 118 Å². The molecule has 19 heavy (non-hydrogen) atoms. The van der Waals surface area contributed by atoms with E-state index in [1.165, 1.54) is 30.3 Å². The van der Waals surface area contributed by atoms with Gasteiger partial charge in [-0.3, -0.25) is 0 Å². The van der Waals surface area contributed by atoms with Gasteiger partial charge < -0.3 is 0 Å². The molecule has 0 unspecified atom stereocenters. The average Bonchev–Trinajstić information content (AvgIpc) is 2.26. The first-order chi connectivity index (χ1) is 8.88. The Morgan fingerprint density at radius 2 is 1.74 bits per heavy atom. The molecular formula is C13H9BrF2O2S. The van der Waals surface area contributed by atoms with Crippen LogP contribution in [-0.2, 0) is 15.6 Å². The maximum Gasteiger partial charge on any atom is 0.185 e. The largest absolute Gasteiger partial charge is 0.223 e. The highest BCUT2D eigenvalue weighted by molar-refractivity contribution is 9.10. The van der Waals surface area contributed by atoms with Crippen LogP contribution in [-0.4, -0.2) is 8.42 Å². The highest BCUT2D eigenvalue weighted by Gasteiger charge is 2.19. The van der Waals surface area contributed by atoms with Gasteiger partial charge in [-0.15, -0.1) is 0 Å². The van der Waals surface area contributed by atoms with Crippen molar-refractivity contribution >= 4 is 25.8 Å². The standard InChI is InChI=1S/C13H9BrF2O2S/c14-10-5-9(6-11(15)7-10)8-19(17,18)13-4-2-1-3-12(13)16/h1-7H,8H2. The van der Waals surface area contributed by atoms with Crippen LogP contribution in [0.15, 0.2) is 51.8 Å². The third-order valence-electron chi connectivity index (χ3n) is 2.45. The van der Waals surface area contributed by atoms with Crippen LogP contribution in [0.5, 0.6) is 0 Å². The lowest BCUT2D eigenvalue weighted by atomic mass is 10.2. The van der Waals surface area contributed by atoms with E-state index >= 15 is 0 Å². The SMILES string of the molecule is O=S(=O)(Cc1cc(F)cc(Br)c1)c1ccccc1F. The number of sulfone groups is 1. The van der Waals surface area contributed by atoms with Crippen LogP contribution in [0.2, 0.25) is 0 Å². The number of hydrogen-bond donors (Lipinski definition) is 0. The second kappa shape index (κ2) is 5.38. The van der Waals surface area contributed by atoms with Gasteiger partial charge in [0.25, 0.3) is 0 Å². The summed E-state index contributed by atoms with van der Waals surface area (Å²) in [7, 11) is -3.84. The van der Waals surface area contributed by atoms with Gasteiger partial charge in [-0.25, -0.2) is 17.2 Å². The molecule has 2 aromatic rings. The summed E-state index contributed by atoms with van der Waals surface area (Å²) in [6.45, 7) is 0. The van der Waals surface area contributed by atoms with Crippen LogP contribution in [0.4, 0.5) is 8.78 Å². The van der Waals surface area contributed by atoms with Crippen LogP contribution in [0, 0.1) is 11.6 Å². The van der Waals surface area contributed by atoms with Crippen LogP contribution in [0.3, 0.4) is 0 Å². The van der Waals surface area contributed by atoms with Crippen molar-refractivity contribution in [1.82, 2.24) is 0 Å². The van der Waals surface area contributed by atoms with Gasteiger partial charge in [-0.2, -0.15) is 0 Å². The van der Waals surface area contributed by atoms with Crippen LogP contribution >= 0.6 is 15.9 Å². The summed E-state index contributed by atoms with van der Waals surface area (Å²) < 4.78 is 51.2. The highest BCUT2D eigenvalue weighted by atomic mass is 79.9. The molecule has 2 rings (SSSR count). The summed E-state index contributed by atoms with van der Waals surface area (Å²) in [5, 5.41) is 0.